The first-order valence-corrected chi connectivity index (χ1v) is 28.4. The number of unbranched alkanes of at least 4 members (excludes halogenated alkanes) is 21. The Labute approximate surface area is 425 Å². The summed E-state index contributed by atoms with van der Waals surface area (Å²) < 4.78 is 16.8. The minimum Gasteiger partial charge on any atom is -0.462 e. The smallest absolute Gasteiger partial charge is 0.306 e. The minimum atomic E-state index is -0.806. The molecule has 0 N–H and O–H groups in total. The zero-order valence-electron chi connectivity index (χ0n) is 44.8. The Kier molecular flexibility index (Phi) is 53.4. The van der Waals surface area contributed by atoms with E-state index in [4.69, 9.17) is 14.2 Å². The standard InChI is InChI=1S/C63H104O6/c1-4-7-10-13-16-19-22-25-28-31-34-37-40-43-46-49-52-55-61(64)67-58-60(69-63(66)57-54-51-48-45-42-39-36-33-30-27-24-21-18-15-12-9-6-3)59-68-62(65)56-53-50-47-44-41-38-35-32-29-26-23-20-17-14-11-8-5-2/h9,12,16-21,25-30,34,36-37,39,60H,4-8,10-11,13-15,22-24,31-33,35,38,40-59H2,1-3H3/b12-9-,19-16-,20-17-,21-18-,28-25-,29-26-,30-27-,37-34-,39-36-/t60-/m1/s1. The zero-order valence-corrected chi connectivity index (χ0v) is 44.8. The van der Waals surface area contributed by atoms with Gasteiger partial charge in [0.05, 0.1) is 0 Å². The van der Waals surface area contributed by atoms with Crippen molar-refractivity contribution in [1.82, 2.24) is 0 Å². The molecule has 0 aromatic rings. The van der Waals surface area contributed by atoms with Crippen molar-refractivity contribution in [3.63, 3.8) is 0 Å². The van der Waals surface area contributed by atoms with E-state index >= 15 is 0 Å². The molecule has 0 amide bonds. The number of carbonyl (C=O) groups excluding carboxylic acids is 3. The van der Waals surface area contributed by atoms with Gasteiger partial charge in [-0.3, -0.25) is 14.4 Å². The summed E-state index contributed by atoms with van der Waals surface area (Å²) in [5.74, 6) is -0.955. The van der Waals surface area contributed by atoms with Crippen molar-refractivity contribution in [2.45, 2.75) is 258 Å². The van der Waals surface area contributed by atoms with E-state index in [1.165, 1.54) is 77.0 Å². The summed E-state index contributed by atoms with van der Waals surface area (Å²) in [6, 6.07) is 0. The molecule has 0 fully saturated rings. The summed E-state index contributed by atoms with van der Waals surface area (Å²) in [6.07, 6.45) is 76.4. The molecular weight excluding hydrogens is 853 g/mol. The summed E-state index contributed by atoms with van der Waals surface area (Å²) in [5.41, 5.74) is 0. The maximum absolute atomic E-state index is 12.9. The van der Waals surface area contributed by atoms with Gasteiger partial charge in [0.1, 0.15) is 13.2 Å². The Bertz CT molecular complexity index is 1420. The summed E-state index contributed by atoms with van der Waals surface area (Å²) in [4.78, 5) is 38.2. The van der Waals surface area contributed by atoms with Gasteiger partial charge >= 0.3 is 17.9 Å². The van der Waals surface area contributed by atoms with Crippen LogP contribution in [-0.4, -0.2) is 37.2 Å². The van der Waals surface area contributed by atoms with Gasteiger partial charge in [-0.05, 0) is 128 Å². The predicted molar refractivity (Wildman–Crippen MR) is 297 cm³/mol. The van der Waals surface area contributed by atoms with E-state index in [0.29, 0.717) is 19.3 Å². The fraction of sp³-hybridized carbons (Fsp3) is 0.667. The molecule has 6 heteroatoms. The first-order valence-electron chi connectivity index (χ1n) is 28.4. The average molecular weight is 958 g/mol. The monoisotopic (exact) mass is 957 g/mol. The fourth-order valence-corrected chi connectivity index (χ4v) is 7.47. The Hall–Kier alpha value is -3.93. The summed E-state index contributed by atoms with van der Waals surface area (Å²) >= 11 is 0. The highest BCUT2D eigenvalue weighted by Gasteiger charge is 2.19. The normalized spacial score (nSPS) is 12.9. The van der Waals surface area contributed by atoms with Crippen molar-refractivity contribution in [3.05, 3.63) is 109 Å². The highest BCUT2D eigenvalue weighted by Crippen LogP contribution is 2.13. The number of hydrogen-bond acceptors (Lipinski definition) is 6. The van der Waals surface area contributed by atoms with Gasteiger partial charge in [-0.15, -0.1) is 0 Å². The summed E-state index contributed by atoms with van der Waals surface area (Å²) in [6.45, 7) is 6.43. The largest absolute Gasteiger partial charge is 0.462 e. The van der Waals surface area contributed by atoms with E-state index in [1.54, 1.807) is 0 Å². The van der Waals surface area contributed by atoms with Crippen LogP contribution in [0.15, 0.2) is 109 Å². The Balaban J connectivity index is 4.50. The topological polar surface area (TPSA) is 78.9 Å². The quantitative estimate of drug-likeness (QED) is 0.0262. The molecule has 0 saturated heterocycles. The molecule has 0 aromatic carbocycles. The molecule has 6 nitrogen and oxygen atoms in total. The van der Waals surface area contributed by atoms with Crippen molar-refractivity contribution in [1.29, 1.82) is 0 Å². The van der Waals surface area contributed by atoms with Crippen molar-refractivity contribution < 1.29 is 28.6 Å². The van der Waals surface area contributed by atoms with Crippen LogP contribution in [0.2, 0.25) is 0 Å². The highest BCUT2D eigenvalue weighted by atomic mass is 16.6. The molecule has 0 rings (SSSR count). The van der Waals surface area contributed by atoms with Crippen molar-refractivity contribution in [2.75, 3.05) is 13.2 Å². The van der Waals surface area contributed by atoms with Gasteiger partial charge in [0.15, 0.2) is 6.10 Å². The molecule has 0 heterocycles. The lowest BCUT2D eigenvalue weighted by Crippen LogP contribution is -2.30. The SMILES string of the molecule is CC/C=C\C/C=C\C/C=C\C/C=C\CCCCCCC(=O)O[C@H](COC(=O)CCCCCC/C=C\C/C=C\C/C=C\CCCCC)COC(=O)CCCCCCCCC/C=C\C/C=C\CCCCC. The van der Waals surface area contributed by atoms with E-state index in [0.717, 1.165) is 135 Å². The van der Waals surface area contributed by atoms with Crippen molar-refractivity contribution in [2.24, 2.45) is 0 Å². The first-order chi connectivity index (χ1) is 34.0. The molecule has 0 aliphatic carbocycles. The van der Waals surface area contributed by atoms with Gasteiger partial charge in [0.2, 0.25) is 0 Å². The van der Waals surface area contributed by atoms with Crippen LogP contribution in [0.3, 0.4) is 0 Å². The van der Waals surface area contributed by atoms with Crippen LogP contribution in [0.25, 0.3) is 0 Å². The molecule has 69 heavy (non-hydrogen) atoms. The molecule has 1 atom stereocenters. The van der Waals surface area contributed by atoms with Crippen LogP contribution >= 0.6 is 0 Å². The average Bonchev–Trinajstić information content (AvgIpc) is 3.35. The van der Waals surface area contributed by atoms with Crippen LogP contribution in [0.1, 0.15) is 252 Å². The van der Waals surface area contributed by atoms with Crippen LogP contribution < -0.4 is 0 Å². The van der Waals surface area contributed by atoms with Gasteiger partial charge in [0.25, 0.3) is 0 Å². The third-order valence-corrected chi connectivity index (χ3v) is 11.7. The lowest BCUT2D eigenvalue weighted by Gasteiger charge is -2.18. The molecule has 0 aromatic heterocycles. The Morgan fingerprint density at radius 1 is 0.304 bits per heavy atom. The molecule has 392 valence electrons. The molecular formula is C63H104O6. The summed E-state index contributed by atoms with van der Waals surface area (Å²) in [7, 11) is 0. The second-order valence-corrected chi connectivity index (χ2v) is 18.5. The molecule has 0 spiro atoms. The lowest BCUT2D eigenvalue weighted by molar-refractivity contribution is -0.167. The maximum Gasteiger partial charge on any atom is 0.306 e. The van der Waals surface area contributed by atoms with E-state index in [1.807, 2.05) is 0 Å². The second-order valence-electron chi connectivity index (χ2n) is 18.5. The minimum absolute atomic E-state index is 0.101. The fourth-order valence-electron chi connectivity index (χ4n) is 7.47. The lowest BCUT2D eigenvalue weighted by atomic mass is 10.1. The number of rotatable bonds is 50. The van der Waals surface area contributed by atoms with Gasteiger partial charge in [-0.25, -0.2) is 0 Å². The second kappa shape index (κ2) is 56.7. The zero-order chi connectivity index (χ0) is 50.0. The van der Waals surface area contributed by atoms with Gasteiger partial charge in [0, 0.05) is 19.3 Å². The number of carbonyl (C=O) groups is 3. The van der Waals surface area contributed by atoms with Crippen LogP contribution in [0.5, 0.6) is 0 Å². The molecule has 0 saturated carbocycles. The van der Waals surface area contributed by atoms with Crippen molar-refractivity contribution in [3.8, 4) is 0 Å². The van der Waals surface area contributed by atoms with Crippen LogP contribution in [0.4, 0.5) is 0 Å². The number of allylic oxidation sites excluding steroid dienone is 18. The third kappa shape index (κ3) is 54.9. The van der Waals surface area contributed by atoms with Crippen LogP contribution in [-0.2, 0) is 28.6 Å². The predicted octanol–water partition coefficient (Wildman–Crippen LogP) is 19.1. The van der Waals surface area contributed by atoms with E-state index in [9.17, 15) is 14.4 Å². The number of hydrogen-bond donors (Lipinski definition) is 0. The highest BCUT2D eigenvalue weighted by molar-refractivity contribution is 5.71. The first kappa shape index (κ1) is 65.1. The number of esters is 3. The Morgan fingerprint density at radius 2 is 0.565 bits per heavy atom. The third-order valence-electron chi connectivity index (χ3n) is 11.7. The molecule has 0 aliphatic rings. The van der Waals surface area contributed by atoms with E-state index in [-0.39, 0.29) is 31.1 Å². The molecule has 0 bridgehead atoms. The van der Waals surface area contributed by atoms with Crippen molar-refractivity contribution >= 4 is 17.9 Å². The number of ether oxygens (including phenoxy) is 3. The van der Waals surface area contributed by atoms with E-state index < -0.39 is 6.10 Å². The maximum atomic E-state index is 12.9. The molecule has 0 aliphatic heterocycles. The summed E-state index contributed by atoms with van der Waals surface area (Å²) in [5, 5.41) is 0. The van der Waals surface area contributed by atoms with Gasteiger partial charge < -0.3 is 14.2 Å². The molecule has 0 unspecified atom stereocenters. The van der Waals surface area contributed by atoms with Gasteiger partial charge in [-0.2, -0.15) is 0 Å². The van der Waals surface area contributed by atoms with E-state index in [2.05, 4.69) is 130 Å². The van der Waals surface area contributed by atoms with Crippen LogP contribution in [0, 0.1) is 0 Å². The molecule has 0 radical (unpaired) electrons. The Morgan fingerprint density at radius 3 is 0.884 bits per heavy atom. The van der Waals surface area contributed by atoms with Gasteiger partial charge in [-0.1, -0.05) is 214 Å².